The van der Waals surface area contributed by atoms with Gasteiger partial charge >= 0.3 is 5.97 Å². The average molecular weight is 329 g/mol. The maximum Gasteiger partial charge on any atom is 0.337 e. The van der Waals surface area contributed by atoms with Gasteiger partial charge in [0.15, 0.2) is 0 Å². The Morgan fingerprint density at radius 1 is 1.33 bits per heavy atom. The van der Waals surface area contributed by atoms with E-state index in [1.54, 1.807) is 18.5 Å². The van der Waals surface area contributed by atoms with Crippen molar-refractivity contribution in [1.82, 2.24) is 9.97 Å². The van der Waals surface area contributed by atoms with Crippen LogP contribution in [0.5, 0.6) is 0 Å². The minimum Gasteiger partial charge on any atom is -0.478 e. The highest BCUT2D eigenvalue weighted by atomic mass is 79.9. The van der Waals surface area contributed by atoms with E-state index in [-0.39, 0.29) is 10.6 Å². The van der Waals surface area contributed by atoms with Crippen LogP contribution in [-0.2, 0) is 0 Å². The van der Waals surface area contributed by atoms with Gasteiger partial charge in [0, 0.05) is 16.9 Å². The third-order valence-corrected chi connectivity index (χ3v) is 2.78. The SMILES string of the molecule is O=C(O)c1cnc(Nc2cncc(Br)c2)c(Cl)c1. The Bertz CT molecular complexity index is 607. The van der Waals surface area contributed by atoms with Crippen molar-refractivity contribution in [1.29, 1.82) is 0 Å². The zero-order valence-electron chi connectivity index (χ0n) is 8.89. The Morgan fingerprint density at radius 3 is 2.72 bits per heavy atom. The molecule has 2 aromatic heterocycles. The van der Waals surface area contributed by atoms with Crippen LogP contribution in [0.15, 0.2) is 35.2 Å². The number of nitrogens with zero attached hydrogens (tertiary/aromatic N) is 2. The summed E-state index contributed by atoms with van der Waals surface area (Å²) in [5.74, 6) is -0.693. The van der Waals surface area contributed by atoms with Gasteiger partial charge in [0.05, 0.1) is 22.5 Å². The van der Waals surface area contributed by atoms with Crippen LogP contribution in [0.3, 0.4) is 0 Å². The number of carboxylic acids is 1. The molecule has 92 valence electrons. The average Bonchev–Trinajstić information content (AvgIpc) is 2.31. The Hall–Kier alpha value is -1.66. The molecule has 7 heteroatoms. The zero-order chi connectivity index (χ0) is 13.1. The fraction of sp³-hybridized carbons (Fsp3) is 0. The predicted octanol–water partition coefficient (Wildman–Crippen LogP) is 3.33. The van der Waals surface area contributed by atoms with Crippen molar-refractivity contribution in [2.75, 3.05) is 5.32 Å². The number of pyridine rings is 2. The number of hydrogen-bond donors (Lipinski definition) is 2. The number of anilines is 2. The summed E-state index contributed by atoms with van der Waals surface area (Å²) < 4.78 is 0.811. The van der Waals surface area contributed by atoms with Crippen molar-refractivity contribution in [2.24, 2.45) is 0 Å². The quantitative estimate of drug-likeness (QED) is 0.904. The molecule has 2 N–H and O–H groups in total. The predicted molar refractivity (Wildman–Crippen MR) is 71.4 cm³/mol. The van der Waals surface area contributed by atoms with Crippen molar-refractivity contribution in [3.05, 3.63) is 45.8 Å². The monoisotopic (exact) mass is 327 g/mol. The van der Waals surface area contributed by atoms with Crippen molar-refractivity contribution >= 4 is 45.0 Å². The molecule has 0 radical (unpaired) electrons. The molecule has 2 rings (SSSR count). The van der Waals surface area contributed by atoms with Crippen molar-refractivity contribution < 1.29 is 9.90 Å². The summed E-state index contributed by atoms with van der Waals surface area (Å²) in [6.07, 6.45) is 4.49. The maximum atomic E-state index is 10.7. The van der Waals surface area contributed by atoms with Crippen LogP contribution in [0, 0.1) is 0 Å². The van der Waals surface area contributed by atoms with E-state index in [4.69, 9.17) is 16.7 Å². The molecular formula is C11H7BrClN3O2. The molecule has 5 nitrogen and oxygen atoms in total. The van der Waals surface area contributed by atoms with E-state index in [0.29, 0.717) is 11.5 Å². The molecule has 0 unspecified atom stereocenters. The first-order valence-electron chi connectivity index (χ1n) is 4.82. The van der Waals surface area contributed by atoms with Crippen LogP contribution in [0.25, 0.3) is 0 Å². The van der Waals surface area contributed by atoms with Gasteiger partial charge in [0.2, 0.25) is 0 Å². The Kier molecular flexibility index (Phi) is 3.78. The van der Waals surface area contributed by atoms with E-state index in [9.17, 15) is 4.79 Å². The van der Waals surface area contributed by atoms with Crippen LogP contribution in [0.4, 0.5) is 11.5 Å². The summed E-state index contributed by atoms with van der Waals surface area (Å²) in [7, 11) is 0. The van der Waals surface area contributed by atoms with Crippen LogP contribution in [0.2, 0.25) is 5.02 Å². The summed E-state index contributed by atoms with van der Waals surface area (Å²) in [5, 5.41) is 12.0. The number of aromatic nitrogens is 2. The second kappa shape index (κ2) is 5.32. The van der Waals surface area contributed by atoms with Crippen LogP contribution in [0.1, 0.15) is 10.4 Å². The van der Waals surface area contributed by atoms with E-state index in [1.807, 2.05) is 0 Å². The number of rotatable bonds is 3. The van der Waals surface area contributed by atoms with Gasteiger partial charge in [0.25, 0.3) is 0 Å². The van der Waals surface area contributed by atoms with E-state index < -0.39 is 5.97 Å². The largest absolute Gasteiger partial charge is 0.478 e. The summed E-state index contributed by atoms with van der Waals surface area (Å²) in [6, 6.07) is 3.14. The second-order valence-corrected chi connectivity index (χ2v) is 4.70. The molecule has 0 spiro atoms. The van der Waals surface area contributed by atoms with E-state index >= 15 is 0 Å². The Morgan fingerprint density at radius 2 is 2.11 bits per heavy atom. The maximum absolute atomic E-state index is 10.7. The smallest absolute Gasteiger partial charge is 0.337 e. The zero-order valence-corrected chi connectivity index (χ0v) is 11.2. The molecule has 0 saturated carbocycles. The van der Waals surface area contributed by atoms with Crippen molar-refractivity contribution in [3.8, 4) is 0 Å². The van der Waals surface area contributed by atoms with Crippen LogP contribution >= 0.6 is 27.5 Å². The molecule has 2 aromatic rings. The van der Waals surface area contributed by atoms with Crippen LogP contribution < -0.4 is 5.32 Å². The van der Waals surface area contributed by atoms with Gasteiger partial charge in [-0.15, -0.1) is 0 Å². The third-order valence-electron chi connectivity index (χ3n) is 2.06. The second-order valence-electron chi connectivity index (χ2n) is 3.38. The third kappa shape index (κ3) is 2.96. The Balaban J connectivity index is 2.27. The molecule has 0 atom stereocenters. The molecule has 0 bridgehead atoms. The minimum atomic E-state index is -1.07. The molecule has 0 amide bonds. The van der Waals surface area contributed by atoms with Gasteiger partial charge in [0.1, 0.15) is 5.82 Å². The van der Waals surface area contributed by atoms with Gasteiger partial charge in [-0.2, -0.15) is 0 Å². The molecule has 2 heterocycles. The fourth-order valence-corrected chi connectivity index (χ4v) is 1.84. The van der Waals surface area contributed by atoms with Gasteiger partial charge in [-0.05, 0) is 28.1 Å². The highest BCUT2D eigenvalue weighted by molar-refractivity contribution is 9.10. The lowest BCUT2D eigenvalue weighted by atomic mass is 10.3. The van der Waals surface area contributed by atoms with E-state index in [1.165, 1.54) is 12.3 Å². The molecule has 0 saturated heterocycles. The Labute approximate surface area is 116 Å². The van der Waals surface area contributed by atoms with E-state index in [2.05, 4.69) is 31.2 Å². The topological polar surface area (TPSA) is 75.1 Å². The lowest BCUT2D eigenvalue weighted by molar-refractivity contribution is 0.0696. The molecule has 0 aliphatic heterocycles. The summed E-state index contributed by atoms with van der Waals surface area (Å²) >= 11 is 9.23. The van der Waals surface area contributed by atoms with Crippen LogP contribution in [-0.4, -0.2) is 21.0 Å². The number of aromatic carboxylic acids is 1. The number of halogens is 2. The number of nitrogens with one attached hydrogen (secondary N) is 1. The summed E-state index contributed by atoms with van der Waals surface area (Å²) in [4.78, 5) is 18.7. The lowest BCUT2D eigenvalue weighted by Crippen LogP contribution is -2.00. The summed E-state index contributed by atoms with van der Waals surface area (Å²) in [6.45, 7) is 0. The molecule has 18 heavy (non-hydrogen) atoms. The molecule has 0 fully saturated rings. The number of carbonyl (C=O) groups is 1. The molecule has 0 aromatic carbocycles. The van der Waals surface area contributed by atoms with Gasteiger partial charge in [-0.3, -0.25) is 4.98 Å². The first-order chi connectivity index (χ1) is 8.56. The lowest BCUT2D eigenvalue weighted by Gasteiger charge is -2.07. The van der Waals surface area contributed by atoms with Gasteiger partial charge in [-0.25, -0.2) is 9.78 Å². The number of carboxylic acid groups (broad SMARTS) is 1. The van der Waals surface area contributed by atoms with Crippen molar-refractivity contribution in [2.45, 2.75) is 0 Å². The first kappa shape index (κ1) is 12.8. The van der Waals surface area contributed by atoms with Crippen molar-refractivity contribution in [3.63, 3.8) is 0 Å². The highest BCUT2D eigenvalue weighted by Crippen LogP contribution is 2.24. The minimum absolute atomic E-state index is 0.0397. The molecule has 0 aliphatic rings. The fourth-order valence-electron chi connectivity index (χ4n) is 1.26. The molecule has 0 aliphatic carbocycles. The standard InChI is InChI=1S/C11H7BrClN3O2/c12-7-2-8(5-14-4-7)16-10-9(13)1-6(3-15-10)11(17)18/h1-5H,(H,15,16)(H,17,18). The van der Waals surface area contributed by atoms with E-state index in [0.717, 1.165) is 4.47 Å². The summed E-state index contributed by atoms with van der Waals surface area (Å²) in [5.41, 5.74) is 0.736. The highest BCUT2D eigenvalue weighted by Gasteiger charge is 2.08. The number of hydrogen-bond acceptors (Lipinski definition) is 4. The molecular weight excluding hydrogens is 321 g/mol. The van der Waals surface area contributed by atoms with Gasteiger partial charge in [-0.1, -0.05) is 11.6 Å². The van der Waals surface area contributed by atoms with Gasteiger partial charge < -0.3 is 10.4 Å². The normalized spacial score (nSPS) is 10.1. The first-order valence-corrected chi connectivity index (χ1v) is 6.00.